The van der Waals surface area contributed by atoms with Crippen molar-refractivity contribution in [1.29, 1.82) is 5.26 Å². The summed E-state index contributed by atoms with van der Waals surface area (Å²) in [5.41, 5.74) is 13.0. The van der Waals surface area contributed by atoms with E-state index in [0.717, 1.165) is 66.2 Å². The topological polar surface area (TPSA) is 82.6 Å². The average molecular weight is 435 g/mol. The molecule has 32 heavy (non-hydrogen) atoms. The van der Waals surface area contributed by atoms with Crippen molar-refractivity contribution in [1.82, 2.24) is 9.80 Å². The Morgan fingerprint density at radius 2 is 1.72 bits per heavy atom. The molecule has 3 rings (SSSR count). The number of carbonyl (C=O) groups is 1. The number of nitrogens with zero attached hydrogens (tertiary/aromatic N) is 3. The number of amides is 1. The molecule has 6 nitrogen and oxygen atoms in total. The van der Waals surface area contributed by atoms with E-state index in [9.17, 15) is 4.79 Å². The van der Waals surface area contributed by atoms with E-state index in [0.29, 0.717) is 5.56 Å². The fourth-order valence-electron chi connectivity index (χ4n) is 4.40. The van der Waals surface area contributed by atoms with Crippen LogP contribution in [0.1, 0.15) is 46.2 Å². The Bertz CT molecular complexity index is 987. The van der Waals surface area contributed by atoms with Crippen LogP contribution in [-0.2, 0) is 11.3 Å². The Kier molecular flexibility index (Phi) is 7.42. The summed E-state index contributed by atoms with van der Waals surface area (Å²) < 4.78 is 5.97. The molecule has 2 aromatic carbocycles. The van der Waals surface area contributed by atoms with Gasteiger partial charge in [-0.3, -0.25) is 9.69 Å². The maximum absolute atomic E-state index is 12.8. The molecule has 6 heteroatoms. The number of nitriles is 1. The van der Waals surface area contributed by atoms with Crippen LogP contribution in [0.25, 0.3) is 0 Å². The Labute approximate surface area is 191 Å². The minimum atomic E-state index is -0.00820. The summed E-state index contributed by atoms with van der Waals surface area (Å²) in [5, 5.41) is 8.93. The molecule has 0 unspecified atom stereocenters. The van der Waals surface area contributed by atoms with E-state index in [1.54, 1.807) is 0 Å². The zero-order valence-electron chi connectivity index (χ0n) is 19.9. The van der Waals surface area contributed by atoms with Gasteiger partial charge in [-0.2, -0.15) is 5.26 Å². The predicted octanol–water partition coefficient (Wildman–Crippen LogP) is 3.88. The standard InChI is InChI=1S/C26H34N4O2/c1-17-18(2)25(28)20(4)26(19(17)3)32-16-24(31)29(5)23-10-12-30(13-11-23)15-22-8-6-21(14-27)7-9-22/h6-9,23H,10-13,15-16,28H2,1-5H3. The van der Waals surface area contributed by atoms with Crippen molar-refractivity contribution >= 4 is 11.6 Å². The summed E-state index contributed by atoms with van der Waals surface area (Å²) in [7, 11) is 1.88. The molecular weight excluding hydrogens is 400 g/mol. The highest BCUT2D eigenvalue weighted by molar-refractivity contribution is 5.78. The van der Waals surface area contributed by atoms with Crippen LogP contribution in [0.3, 0.4) is 0 Å². The number of hydrogen-bond donors (Lipinski definition) is 1. The molecule has 1 saturated heterocycles. The van der Waals surface area contributed by atoms with E-state index >= 15 is 0 Å². The largest absolute Gasteiger partial charge is 0.483 e. The van der Waals surface area contributed by atoms with E-state index in [2.05, 4.69) is 11.0 Å². The zero-order chi connectivity index (χ0) is 23.4. The lowest BCUT2D eigenvalue weighted by molar-refractivity contribution is -0.135. The lowest BCUT2D eigenvalue weighted by Crippen LogP contribution is -2.46. The Hall–Kier alpha value is -3.04. The van der Waals surface area contributed by atoms with Crippen LogP contribution in [0.15, 0.2) is 24.3 Å². The van der Waals surface area contributed by atoms with Gasteiger partial charge in [-0.1, -0.05) is 12.1 Å². The molecule has 1 heterocycles. The quantitative estimate of drug-likeness (QED) is 0.698. The van der Waals surface area contributed by atoms with Crippen LogP contribution in [0.4, 0.5) is 5.69 Å². The summed E-state index contributed by atoms with van der Waals surface area (Å²) in [6, 6.07) is 10.1. The molecule has 0 aromatic heterocycles. The van der Waals surface area contributed by atoms with E-state index in [-0.39, 0.29) is 18.6 Å². The van der Waals surface area contributed by atoms with Crippen LogP contribution < -0.4 is 10.5 Å². The molecular formula is C26H34N4O2. The number of rotatable bonds is 6. The molecule has 0 atom stereocenters. The van der Waals surface area contributed by atoms with Crippen LogP contribution in [0, 0.1) is 39.0 Å². The van der Waals surface area contributed by atoms with Crippen LogP contribution >= 0.6 is 0 Å². The SMILES string of the molecule is Cc1c(C)c(N)c(C)c(OCC(=O)N(C)C2CCN(Cc3ccc(C#N)cc3)CC2)c1C. The number of hydrogen-bond acceptors (Lipinski definition) is 5. The lowest BCUT2D eigenvalue weighted by atomic mass is 9.97. The molecule has 2 aromatic rings. The van der Waals surface area contributed by atoms with Gasteiger partial charge in [0.25, 0.3) is 5.91 Å². The molecule has 170 valence electrons. The number of likely N-dealkylation sites (N-methyl/N-ethyl adjacent to an activating group) is 1. The molecule has 0 spiro atoms. The van der Waals surface area contributed by atoms with E-state index in [4.69, 9.17) is 15.7 Å². The van der Waals surface area contributed by atoms with Crippen molar-refractivity contribution in [3.05, 3.63) is 57.6 Å². The van der Waals surface area contributed by atoms with Gasteiger partial charge in [-0.05, 0) is 74.9 Å². The van der Waals surface area contributed by atoms with Crippen molar-refractivity contribution in [2.24, 2.45) is 0 Å². The van der Waals surface area contributed by atoms with Crippen LogP contribution in [0.2, 0.25) is 0 Å². The van der Waals surface area contributed by atoms with Crippen molar-refractivity contribution in [3.8, 4) is 11.8 Å². The predicted molar refractivity (Wildman–Crippen MR) is 128 cm³/mol. The maximum atomic E-state index is 12.8. The van der Waals surface area contributed by atoms with Gasteiger partial charge < -0.3 is 15.4 Å². The normalized spacial score (nSPS) is 14.8. The molecule has 0 aliphatic carbocycles. The Balaban J connectivity index is 1.52. The van der Waals surface area contributed by atoms with E-state index in [1.807, 2.05) is 63.9 Å². The fraction of sp³-hybridized carbons (Fsp3) is 0.462. The minimum Gasteiger partial charge on any atom is -0.483 e. The van der Waals surface area contributed by atoms with Gasteiger partial charge in [0.1, 0.15) is 5.75 Å². The van der Waals surface area contributed by atoms with Gasteiger partial charge in [0, 0.05) is 44.0 Å². The van der Waals surface area contributed by atoms with Crippen molar-refractivity contribution in [3.63, 3.8) is 0 Å². The number of likely N-dealkylation sites (tertiary alicyclic amines) is 1. The van der Waals surface area contributed by atoms with Crippen molar-refractivity contribution < 1.29 is 9.53 Å². The molecule has 0 bridgehead atoms. The molecule has 0 radical (unpaired) electrons. The first-order chi connectivity index (χ1) is 15.2. The summed E-state index contributed by atoms with van der Waals surface area (Å²) in [5.74, 6) is 0.718. The Morgan fingerprint density at radius 3 is 2.31 bits per heavy atom. The zero-order valence-corrected chi connectivity index (χ0v) is 19.9. The summed E-state index contributed by atoms with van der Waals surface area (Å²) >= 11 is 0. The minimum absolute atomic E-state index is 0.00820. The van der Waals surface area contributed by atoms with Gasteiger partial charge >= 0.3 is 0 Å². The molecule has 1 fully saturated rings. The fourth-order valence-corrected chi connectivity index (χ4v) is 4.40. The van der Waals surface area contributed by atoms with Crippen LogP contribution in [-0.4, -0.2) is 48.5 Å². The third-order valence-corrected chi connectivity index (χ3v) is 6.94. The van der Waals surface area contributed by atoms with E-state index < -0.39 is 0 Å². The number of benzene rings is 2. The first-order valence-corrected chi connectivity index (χ1v) is 11.2. The summed E-state index contributed by atoms with van der Waals surface area (Å²) in [6.45, 7) is 10.8. The van der Waals surface area contributed by atoms with Gasteiger partial charge in [0.05, 0.1) is 11.6 Å². The number of nitrogen functional groups attached to an aromatic ring is 1. The van der Waals surface area contributed by atoms with Crippen molar-refractivity contribution in [2.45, 2.75) is 53.1 Å². The molecule has 1 aliphatic heterocycles. The summed E-state index contributed by atoms with van der Waals surface area (Å²) in [4.78, 5) is 17.1. The van der Waals surface area contributed by atoms with Gasteiger partial charge in [-0.15, -0.1) is 0 Å². The molecule has 1 aliphatic rings. The molecule has 2 N–H and O–H groups in total. The monoisotopic (exact) mass is 434 g/mol. The Morgan fingerprint density at radius 1 is 1.09 bits per heavy atom. The second-order valence-corrected chi connectivity index (χ2v) is 8.85. The third kappa shape index (κ3) is 5.05. The third-order valence-electron chi connectivity index (χ3n) is 6.94. The number of anilines is 1. The number of nitrogens with two attached hydrogens (primary N) is 1. The van der Waals surface area contributed by atoms with Crippen molar-refractivity contribution in [2.75, 3.05) is 32.5 Å². The molecule has 1 amide bonds. The maximum Gasteiger partial charge on any atom is 0.260 e. The highest BCUT2D eigenvalue weighted by Gasteiger charge is 2.26. The van der Waals surface area contributed by atoms with Crippen LogP contribution in [0.5, 0.6) is 5.75 Å². The average Bonchev–Trinajstić information content (AvgIpc) is 2.81. The second kappa shape index (κ2) is 10.1. The number of carbonyl (C=O) groups excluding carboxylic acids is 1. The van der Waals surface area contributed by atoms with Gasteiger partial charge in [0.2, 0.25) is 0 Å². The molecule has 0 saturated carbocycles. The highest BCUT2D eigenvalue weighted by Crippen LogP contribution is 2.34. The highest BCUT2D eigenvalue weighted by atomic mass is 16.5. The number of piperidine rings is 1. The first-order valence-electron chi connectivity index (χ1n) is 11.2. The first kappa shape index (κ1) is 23.6. The van der Waals surface area contributed by atoms with E-state index in [1.165, 1.54) is 5.56 Å². The smallest absolute Gasteiger partial charge is 0.260 e. The van der Waals surface area contributed by atoms with Gasteiger partial charge in [0.15, 0.2) is 6.61 Å². The summed E-state index contributed by atoms with van der Waals surface area (Å²) in [6.07, 6.45) is 1.88. The number of ether oxygens (including phenoxy) is 1. The second-order valence-electron chi connectivity index (χ2n) is 8.85. The van der Waals surface area contributed by atoms with Gasteiger partial charge in [-0.25, -0.2) is 0 Å². The lowest BCUT2D eigenvalue weighted by Gasteiger charge is -2.36.